The first-order valence-electron chi connectivity index (χ1n) is 4.61. The number of amides is 1. The van der Waals surface area contributed by atoms with E-state index in [0.717, 1.165) is 23.1 Å². The molecule has 0 saturated carbocycles. The van der Waals surface area contributed by atoms with Crippen molar-refractivity contribution >= 4 is 15.7 Å². The summed E-state index contributed by atoms with van der Waals surface area (Å²) >= 11 is 0. The van der Waals surface area contributed by atoms with E-state index >= 15 is 0 Å². The van der Waals surface area contributed by atoms with Crippen LogP contribution in [0, 0.1) is 5.82 Å². The number of hydrogen-bond acceptors (Lipinski definition) is 3. The lowest BCUT2D eigenvalue weighted by Crippen LogP contribution is -2.36. The molecule has 0 aromatic heterocycles. The van der Waals surface area contributed by atoms with Gasteiger partial charge in [-0.25, -0.2) is 17.2 Å². The van der Waals surface area contributed by atoms with E-state index in [1.54, 1.807) is 0 Å². The molecule has 0 saturated heterocycles. The van der Waals surface area contributed by atoms with Gasteiger partial charge in [0, 0.05) is 14.1 Å². The molecule has 0 radical (unpaired) electrons. The number of nitrogens with zero attached hydrogens (tertiary/aromatic N) is 1. The van der Waals surface area contributed by atoms with Gasteiger partial charge in [-0.1, -0.05) is 6.07 Å². The van der Waals surface area contributed by atoms with Gasteiger partial charge in [-0.15, -0.1) is 0 Å². The number of rotatable bonds is 3. The van der Waals surface area contributed by atoms with E-state index in [1.807, 2.05) is 0 Å². The number of alkyl halides is 1. The summed E-state index contributed by atoms with van der Waals surface area (Å²) in [5, 5.41) is 0. The highest BCUT2D eigenvalue weighted by Crippen LogP contribution is 2.19. The summed E-state index contributed by atoms with van der Waals surface area (Å²) in [5.74, 6) is -2.01. The maximum Gasteiger partial charge on any atom is 0.282 e. The standard InChI is InChI=1S/C10H11F2NO3S/c1-13(2)10(14)9(12)17(15,16)8-5-3-4-7(11)6-8/h3-6,9H,1-2H3. The molecule has 1 unspecified atom stereocenters. The minimum absolute atomic E-state index is 0.555. The Morgan fingerprint density at radius 3 is 2.41 bits per heavy atom. The second kappa shape index (κ2) is 4.79. The quantitative estimate of drug-likeness (QED) is 0.817. The predicted octanol–water partition coefficient (Wildman–Crippen LogP) is 0.983. The van der Waals surface area contributed by atoms with E-state index in [9.17, 15) is 22.0 Å². The molecule has 0 bridgehead atoms. The molecule has 1 aromatic carbocycles. The Hall–Kier alpha value is -1.50. The molecule has 0 aliphatic carbocycles. The van der Waals surface area contributed by atoms with E-state index in [-0.39, 0.29) is 0 Å². The molecule has 0 fully saturated rings. The summed E-state index contributed by atoms with van der Waals surface area (Å²) in [6.07, 6.45) is 0. The van der Waals surface area contributed by atoms with Gasteiger partial charge >= 0.3 is 0 Å². The average Bonchev–Trinajstić information content (AvgIpc) is 2.26. The van der Waals surface area contributed by atoms with Gasteiger partial charge in [0.1, 0.15) is 5.82 Å². The fraction of sp³-hybridized carbons (Fsp3) is 0.300. The van der Waals surface area contributed by atoms with E-state index in [0.29, 0.717) is 6.07 Å². The van der Waals surface area contributed by atoms with Crippen LogP contribution in [-0.2, 0) is 14.6 Å². The van der Waals surface area contributed by atoms with Gasteiger partial charge in [-0.3, -0.25) is 4.79 Å². The molecule has 0 spiro atoms. The normalized spacial score (nSPS) is 13.2. The fourth-order valence-electron chi connectivity index (χ4n) is 1.10. The first-order valence-corrected chi connectivity index (χ1v) is 6.16. The van der Waals surface area contributed by atoms with Crippen LogP contribution >= 0.6 is 0 Å². The van der Waals surface area contributed by atoms with E-state index in [1.165, 1.54) is 14.1 Å². The number of benzene rings is 1. The summed E-state index contributed by atoms with van der Waals surface area (Å²) in [5.41, 5.74) is -2.72. The average molecular weight is 263 g/mol. The molecule has 0 aliphatic rings. The summed E-state index contributed by atoms with van der Waals surface area (Å²) in [4.78, 5) is 11.5. The summed E-state index contributed by atoms with van der Waals surface area (Å²) in [6.45, 7) is 0. The van der Waals surface area contributed by atoms with Crippen molar-refractivity contribution in [1.29, 1.82) is 0 Å². The molecule has 4 nitrogen and oxygen atoms in total. The third-order valence-corrected chi connectivity index (χ3v) is 3.69. The van der Waals surface area contributed by atoms with Crippen LogP contribution in [0.2, 0.25) is 0 Å². The third kappa shape index (κ3) is 2.79. The molecular weight excluding hydrogens is 252 g/mol. The molecule has 1 amide bonds. The molecule has 0 N–H and O–H groups in total. The van der Waals surface area contributed by atoms with Crippen molar-refractivity contribution in [3.8, 4) is 0 Å². The summed E-state index contributed by atoms with van der Waals surface area (Å²) in [7, 11) is -2.04. The van der Waals surface area contributed by atoms with Crippen molar-refractivity contribution in [1.82, 2.24) is 4.90 Å². The number of carbonyl (C=O) groups is 1. The SMILES string of the molecule is CN(C)C(=O)C(F)S(=O)(=O)c1cccc(F)c1. The Bertz CT molecular complexity index is 528. The van der Waals surface area contributed by atoms with Crippen LogP contribution < -0.4 is 0 Å². The van der Waals surface area contributed by atoms with Crippen LogP contribution in [0.25, 0.3) is 0 Å². The minimum atomic E-state index is -4.50. The van der Waals surface area contributed by atoms with Gasteiger partial charge in [0.2, 0.25) is 9.84 Å². The van der Waals surface area contributed by atoms with Crippen LogP contribution in [0.15, 0.2) is 29.2 Å². The largest absolute Gasteiger partial charge is 0.345 e. The van der Waals surface area contributed by atoms with Crippen molar-refractivity contribution in [3.05, 3.63) is 30.1 Å². The Kier molecular flexibility index (Phi) is 3.82. The zero-order valence-corrected chi connectivity index (χ0v) is 10.0. The van der Waals surface area contributed by atoms with Crippen molar-refractivity contribution in [2.45, 2.75) is 10.4 Å². The lowest BCUT2D eigenvalue weighted by molar-refractivity contribution is -0.131. The summed E-state index contributed by atoms with van der Waals surface area (Å²) in [6, 6.07) is 3.87. The molecule has 0 aliphatic heterocycles. The molecule has 1 atom stereocenters. The van der Waals surface area contributed by atoms with Gasteiger partial charge < -0.3 is 4.90 Å². The monoisotopic (exact) mass is 263 g/mol. The second-order valence-electron chi connectivity index (χ2n) is 3.55. The lowest BCUT2D eigenvalue weighted by atomic mass is 10.4. The topological polar surface area (TPSA) is 54.5 Å². The van der Waals surface area contributed by atoms with Crippen LogP contribution in [0.4, 0.5) is 8.78 Å². The maximum absolute atomic E-state index is 13.5. The van der Waals surface area contributed by atoms with Crippen LogP contribution in [-0.4, -0.2) is 38.8 Å². The molecule has 0 heterocycles. The Balaban J connectivity index is 3.16. The number of halogens is 2. The zero-order valence-electron chi connectivity index (χ0n) is 9.22. The van der Waals surface area contributed by atoms with Gasteiger partial charge in [0.15, 0.2) is 0 Å². The maximum atomic E-state index is 13.5. The van der Waals surface area contributed by atoms with Crippen LogP contribution in [0.1, 0.15) is 0 Å². The van der Waals surface area contributed by atoms with E-state index < -0.39 is 32.0 Å². The first kappa shape index (κ1) is 13.6. The first-order chi connectivity index (χ1) is 7.76. The highest BCUT2D eigenvalue weighted by Gasteiger charge is 2.35. The zero-order chi connectivity index (χ0) is 13.2. The molecule has 1 rings (SSSR count). The molecule has 94 valence electrons. The number of sulfone groups is 1. The van der Waals surface area contributed by atoms with Crippen molar-refractivity contribution in [2.24, 2.45) is 0 Å². The van der Waals surface area contributed by atoms with Crippen LogP contribution in [0.5, 0.6) is 0 Å². The fourth-order valence-corrected chi connectivity index (χ4v) is 2.36. The molecule has 17 heavy (non-hydrogen) atoms. The lowest BCUT2D eigenvalue weighted by Gasteiger charge is -2.14. The smallest absolute Gasteiger partial charge is 0.282 e. The van der Waals surface area contributed by atoms with Gasteiger partial charge in [0.25, 0.3) is 11.4 Å². The van der Waals surface area contributed by atoms with Gasteiger partial charge in [0.05, 0.1) is 4.90 Å². The Morgan fingerprint density at radius 1 is 1.35 bits per heavy atom. The van der Waals surface area contributed by atoms with Crippen molar-refractivity contribution in [2.75, 3.05) is 14.1 Å². The van der Waals surface area contributed by atoms with Crippen molar-refractivity contribution in [3.63, 3.8) is 0 Å². The highest BCUT2D eigenvalue weighted by molar-refractivity contribution is 7.92. The minimum Gasteiger partial charge on any atom is -0.345 e. The van der Waals surface area contributed by atoms with Crippen LogP contribution in [0.3, 0.4) is 0 Å². The highest BCUT2D eigenvalue weighted by atomic mass is 32.2. The van der Waals surface area contributed by atoms with E-state index in [4.69, 9.17) is 0 Å². The predicted molar refractivity (Wildman–Crippen MR) is 57.2 cm³/mol. The number of carbonyl (C=O) groups excluding carboxylic acids is 1. The van der Waals surface area contributed by atoms with Crippen molar-refractivity contribution < 1.29 is 22.0 Å². The summed E-state index contributed by atoms with van der Waals surface area (Å²) < 4.78 is 49.7. The van der Waals surface area contributed by atoms with Gasteiger partial charge in [-0.2, -0.15) is 0 Å². The Morgan fingerprint density at radius 2 is 1.94 bits per heavy atom. The van der Waals surface area contributed by atoms with E-state index in [2.05, 4.69) is 0 Å². The second-order valence-corrected chi connectivity index (χ2v) is 5.53. The number of hydrogen-bond donors (Lipinski definition) is 0. The molecule has 7 heteroatoms. The third-order valence-electron chi connectivity index (χ3n) is 2.03. The molecular formula is C10H11F2NO3S. The molecule has 1 aromatic rings. The van der Waals surface area contributed by atoms with Gasteiger partial charge in [-0.05, 0) is 18.2 Å². The Labute approximate surface area is 97.8 Å².